The van der Waals surface area contributed by atoms with Gasteiger partial charge >= 0.3 is 6.08 Å². The van der Waals surface area contributed by atoms with Crippen LogP contribution in [0.3, 0.4) is 0 Å². The van der Waals surface area contributed by atoms with Crippen LogP contribution in [-0.2, 0) is 40.2 Å². The Hall–Kier alpha value is -6.42. The van der Waals surface area contributed by atoms with Crippen LogP contribution in [0.1, 0.15) is 48.5 Å². The van der Waals surface area contributed by atoms with Gasteiger partial charge in [0.05, 0.1) is 38.8 Å². The van der Waals surface area contributed by atoms with E-state index in [-0.39, 0.29) is 39.2 Å². The lowest BCUT2D eigenvalue weighted by atomic mass is 9.82. The number of nitrogens with two attached hydrogens (primary N) is 1. The molecule has 1 aromatic heterocycles. The molecule has 1 heterocycles. The Bertz CT molecular complexity index is 3250. The van der Waals surface area contributed by atoms with Crippen molar-refractivity contribution in [3.8, 4) is 5.75 Å². The molecule has 9 N–H and O–H groups in total. The second-order valence-corrected chi connectivity index (χ2v) is 18.9. The molecule has 26 heteroatoms. The maximum absolute atomic E-state index is 15.0. The van der Waals surface area contributed by atoms with Gasteiger partial charge in [-0.2, -0.15) is 44.6 Å². The summed E-state index contributed by atoms with van der Waals surface area (Å²) in [6.07, 6.45) is -1.56. The fraction of sp³-hybridized carbons (Fsp3) is 0.0882. The predicted molar refractivity (Wildman–Crippen MR) is 209 cm³/mol. The van der Waals surface area contributed by atoms with Crippen LogP contribution in [0.2, 0.25) is 0 Å². The van der Waals surface area contributed by atoms with E-state index in [1.807, 2.05) is 0 Å². The number of aromatic nitrogens is 3. The van der Waals surface area contributed by atoms with E-state index in [0.717, 1.165) is 6.07 Å². The summed E-state index contributed by atoms with van der Waals surface area (Å²) in [5.41, 5.74) is 1.71. The number of phenols is 1. The average Bonchev–Trinajstić information content (AvgIpc) is 3.13. The van der Waals surface area contributed by atoms with Gasteiger partial charge < -0.3 is 26.8 Å². The molecule has 0 radical (unpaired) electrons. The molecule has 0 spiro atoms. The second-order valence-electron chi connectivity index (χ2n) is 12.8. The molecular formula is C34H28FN7O14S4. The lowest BCUT2D eigenvalue weighted by Gasteiger charge is -2.26. The molecule has 0 saturated heterocycles. The molecule has 60 heavy (non-hydrogen) atoms. The number of carbonyl (C=O) groups is 2. The number of ketones is 2. The molecule has 5 aromatic rings. The summed E-state index contributed by atoms with van der Waals surface area (Å²) in [7, 11) is -20.1. The maximum atomic E-state index is 15.0. The van der Waals surface area contributed by atoms with Crippen LogP contribution in [0.25, 0.3) is 0 Å². The summed E-state index contributed by atoms with van der Waals surface area (Å²) in [5, 5.41) is 18.6. The summed E-state index contributed by atoms with van der Waals surface area (Å²) in [4.78, 5) is 34.6. The Balaban J connectivity index is 1.53. The normalized spacial score (nSPS) is 13.1. The lowest BCUT2D eigenvalue weighted by molar-refractivity contribution is 0.0980. The first-order valence-electron chi connectivity index (χ1n) is 16.4. The molecular weight excluding hydrogens is 878 g/mol. The Morgan fingerprint density at radius 2 is 1.20 bits per heavy atom. The van der Waals surface area contributed by atoms with E-state index in [4.69, 9.17) is 5.73 Å². The summed E-state index contributed by atoms with van der Waals surface area (Å²) in [6.45, 7) is 6.87. The Morgan fingerprint density at radius 3 is 1.72 bits per heavy atom. The quantitative estimate of drug-likeness (QED) is 0.0519. The highest BCUT2D eigenvalue weighted by molar-refractivity contribution is 7.94. The molecule has 1 aliphatic carbocycles. The van der Waals surface area contributed by atoms with E-state index in [0.29, 0.717) is 17.5 Å². The first-order valence-corrected chi connectivity index (χ1v) is 22.2. The number of sulfone groups is 1. The third-order valence-electron chi connectivity index (χ3n) is 9.14. The third kappa shape index (κ3) is 7.62. The lowest BCUT2D eigenvalue weighted by Crippen LogP contribution is -2.25. The number of hydrogen-bond acceptors (Lipinski definition) is 18. The van der Waals surface area contributed by atoms with Gasteiger partial charge in [-0.15, -0.1) is 0 Å². The molecule has 0 saturated carbocycles. The Kier molecular flexibility index (Phi) is 10.6. The second kappa shape index (κ2) is 14.7. The summed E-state index contributed by atoms with van der Waals surface area (Å²) < 4.78 is 145. The number of aromatic hydroxyl groups is 1. The first kappa shape index (κ1) is 43.2. The standard InChI is InChI=1S/C34H28FN7O14S4/c1-5-57(46,47)16-10-20(30(45)22(11-16)59(51,52)53)38-33-40-32(35)41-34(42-33)39-27-13(2)26(14(3)31(15(27)4)60(54,55)56)37-19-12-21(58(48,49)50)25(36)24-23(19)28(43)17-8-6-7-9-18(17)29(24)44/h5-12,37,45H,1,36H2,2-4H3,(H,48,49,50)(H,51,52,53)(H,54,55,56)(H2,38,39,40,41,42). The molecule has 0 bridgehead atoms. The number of nitrogens with one attached hydrogen (secondary N) is 3. The summed E-state index contributed by atoms with van der Waals surface area (Å²) in [5.74, 6) is -4.54. The predicted octanol–water partition coefficient (Wildman–Crippen LogP) is 3.89. The highest BCUT2D eigenvalue weighted by Crippen LogP contribution is 2.44. The van der Waals surface area contributed by atoms with E-state index in [9.17, 15) is 66.4 Å². The van der Waals surface area contributed by atoms with Crippen LogP contribution in [0.15, 0.2) is 74.0 Å². The number of nitrogen functional groups attached to an aromatic ring is 1. The highest BCUT2D eigenvalue weighted by Gasteiger charge is 2.37. The van der Waals surface area contributed by atoms with Crippen molar-refractivity contribution in [2.24, 2.45) is 0 Å². The summed E-state index contributed by atoms with van der Waals surface area (Å²) >= 11 is 0. The number of fused-ring (bicyclic) bond motifs is 2. The molecule has 21 nitrogen and oxygen atoms in total. The Morgan fingerprint density at radius 1 is 0.683 bits per heavy atom. The molecule has 1 aliphatic rings. The van der Waals surface area contributed by atoms with Crippen LogP contribution < -0.4 is 21.7 Å². The van der Waals surface area contributed by atoms with Crippen molar-refractivity contribution in [2.75, 3.05) is 21.7 Å². The van der Waals surface area contributed by atoms with Crippen molar-refractivity contribution in [2.45, 2.75) is 40.4 Å². The van der Waals surface area contributed by atoms with Gasteiger partial charge in [0.1, 0.15) is 14.7 Å². The van der Waals surface area contributed by atoms with Gasteiger partial charge in [-0.3, -0.25) is 23.2 Å². The van der Waals surface area contributed by atoms with Gasteiger partial charge in [-0.1, -0.05) is 30.8 Å². The van der Waals surface area contributed by atoms with E-state index in [1.165, 1.54) is 45.0 Å². The van der Waals surface area contributed by atoms with Gasteiger partial charge in [0, 0.05) is 22.2 Å². The molecule has 0 amide bonds. The minimum Gasteiger partial charge on any atom is -0.504 e. The largest absolute Gasteiger partial charge is 0.504 e. The molecule has 314 valence electrons. The number of phenolic OH excluding ortho intramolecular Hbond substituents is 1. The van der Waals surface area contributed by atoms with E-state index in [1.54, 1.807) is 0 Å². The highest BCUT2D eigenvalue weighted by atomic mass is 32.2. The maximum Gasteiger partial charge on any atom is 0.315 e. The van der Waals surface area contributed by atoms with E-state index >= 15 is 0 Å². The minimum atomic E-state index is -5.28. The monoisotopic (exact) mass is 905 g/mol. The zero-order chi connectivity index (χ0) is 44.6. The number of anilines is 7. The smallest absolute Gasteiger partial charge is 0.315 e. The van der Waals surface area contributed by atoms with Gasteiger partial charge in [0.25, 0.3) is 30.4 Å². The van der Waals surface area contributed by atoms with Gasteiger partial charge in [0.2, 0.25) is 11.9 Å². The minimum absolute atomic E-state index is 0.0144. The van der Waals surface area contributed by atoms with Crippen LogP contribution in [-0.4, -0.2) is 79.0 Å². The Labute approximate surface area is 339 Å². The molecule has 0 atom stereocenters. The fourth-order valence-corrected chi connectivity index (χ4v) is 9.61. The zero-order valence-corrected chi connectivity index (χ0v) is 33.9. The molecule has 0 fully saturated rings. The van der Waals surface area contributed by atoms with Crippen molar-refractivity contribution in [3.05, 3.63) is 99.5 Å². The number of nitrogens with zero attached hydrogens (tertiary/aromatic N) is 3. The van der Waals surface area contributed by atoms with Crippen molar-refractivity contribution in [1.82, 2.24) is 15.0 Å². The van der Waals surface area contributed by atoms with Crippen molar-refractivity contribution < 1.29 is 66.4 Å². The van der Waals surface area contributed by atoms with Gasteiger partial charge in [-0.05, 0) is 55.7 Å². The molecule has 4 aromatic carbocycles. The van der Waals surface area contributed by atoms with Crippen molar-refractivity contribution >= 4 is 92.1 Å². The number of halogens is 1. The first-order chi connectivity index (χ1) is 27.7. The van der Waals surface area contributed by atoms with Crippen molar-refractivity contribution in [1.29, 1.82) is 0 Å². The molecule has 0 unspecified atom stereocenters. The third-order valence-corrected chi connectivity index (χ3v) is 13.4. The fourth-order valence-electron chi connectivity index (χ4n) is 6.53. The van der Waals surface area contributed by atoms with Gasteiger partial charge in [0.15, 0.2) is 27.2 Å². The summed E-state index contributed by atoms with van der Waals surface area (Å²) in [6, 6.07) is 7.35. The number of carbonyl (C=O) groups excluding carboxylic acids is 2. The van der Waals surface area contributed by atoms with Crippen LogP contribution >= 0.6 is 0 Å². The van der Waals surface area contributed by atoms with Crippen molar-refractivity contribution in [3.63, 3.8) is 0 Å². The van der Waals surface area contributed by atoms with Crippen LogP contribution in [0.4, 0.5) is 44.7 Å². The van der Waals surface area contributed by atoms with Gasteiger partial charge in [-0.25, -0.2) is 8.42 Å². The number of rotatable bonds is 11. The molecule has 0 aliphatic heterocycles. The van der Waals surface area contributed by atoms with Crippen LogP contribution in [0.5, 0.6) is 5.75 Å². The average molecular weight is 906 g/mol. The van der Waals surface area contributed by atoms with Crippen LogP contribution in [0, 0.1) is 26.8 Å². The van der Waals surface area contributed by atoms with E-state index < -0.39 is 123 Å². The topological polar surface area (TPSA) is 352 Å². The number of benzene rings is 4. The number of hydrogen-bond donors (Lipinski definition) is 8. The van der Waals surface area contributed by atoms with E-state index in [2.05, 4.69) is 37.5 Å². The molecule has 6 rings (SSSR count). The zero-order valence-electron chi connectivity index (χ0n) is 30.6. The SMILES string of the molecule is C=CS(=O)(=O)c1cc(Nc2nc(F)nc(Nc3c(C)c(Nc4cc(S(=O)(=O)O)c(N)c5c4C(=O)c4ccccc4C5=O)c(C)c(S(=O)(=O)O)c3C)n2)c(O)c(S(=O)(=O)O)c1.